The lowest BCUT2D eigenvalue weighted by Crippen LogP contribution is -2.31. The number of aliphatic carboxylic acids is 1. The lowest BCUT2D eigenvalue weighted by atomic mass is 9.86. The van der Waals surface area contributed by atoms with Crippen LogP contribution in [0.4, 0.5) is 0 Å². The van der Waals surface area contributed by atoms with E-state index >= 15 is 0 Å². The Labute approximate surface area is 74.0 Å². The molecule has 3 nitrogen and oxygen atoms in total. The Balaban J connectivity index is 0.000000561. The van der Waals surface area contributed by atoms with Gasteiger partial charge in [-0.05, 0) is 19.3 Å². The molecule has 0 aromatic heterocycles. The molecule has 1 saturated carbocycles. The van der Waals surface area contributed by atoms with Crippen molar-refractivity contribution in [2.24, 2.45) is 11.7 Å². The van der Waals surface area contributed by atoms with Gasteiger partial charge in [0.25, 0.3) is 0 Å². The molecule has 0 aromatic rings. The highest BCUT2D eigenvalue weighted by molar-refractivity contribution is 5.70. The molecule has 0 heterocycles. The van der Waals surface area contributed by atoms with Crippen molar-refractivity contribution in [2.75, 3.05) is 0 Å². The van der Waals surface area contributed by atoms with E-state index < -0.39 is 5.97 Å². The Morgan fingerprint density at radius 3 is 2.33 bits per heavy atom. The number of carbonyl (C=O) groups is 1. The van der Waals surface area contributed by atoms with Crippen LogP contribution in [0.25, 0.3) is 0 Å². The summed E-state index contributed by atoms with van der Waals surface area (Å²) in [6.07, 6.45) is 3.43. The summed E-state index contributed by atoms with van der Waals surface area (Å²) in [6.45, 7) is 4.00. The van der Waals surface area contributed by atoms with Gasteiger partial charge >= 0.3 is 5.97 Å². The summed E-state index contributed by atoms with van der Waals surface area (Å²) in [5.74, 6) is -0.862. The van der Waals surface area contributed by atoms with E-state index in [4.69, 9.17) is 10.8 Å². The Kier molecular flexibility index (Phi) is 5.72. The second-order valence-electron chi connectivity index (χ2n) is 2.96. The fraction of sp³-hybridized carbons (Fsp3) is 0.889. The van der Waals surface area contributed by atoms with Crippen LogP contribution in [-0.4, -0.2) is 17.1 Å². The Bertz CT molecular complexity index is 136. The quantitative estimate of drug-likeness (QED) is 0.633. The van der Waals surface area contributed by atoms with Crippen LogP contribution in [0.3, 0.4) is 0 Å². The van der Waals surface area contributed by atoms with Crippen molar-refractivity contribution in [1.29, 1.82) is 0 Å². The first-order chi connectivity index (χ1) is 5.70. The average molecular weight is 173 g/mol. The molecule has 0 bridgehead atoms. The Morgan fingerprint density at radius 1 is 1.42 bits per heavy atom. The van der Waals surface area contributed by atoms with Crippen LogP contribution in [0, 0.1) is 5.92 Å². The highest BCUT2D eigenvalue weighted by atomic mass is 16.4. The van der Waals surface area contributed by atoms with Crippen LogP contribution in [0.2, 0.25) is 0 Å². The third-order valence-electron chi connectivity index (χ3n) is 2.06. The van der Waals surface area contributed by atoms with E-state index in [1.54, 1.807) is 0 Å². The molecule has 0 saturated heterocycles. The third-order valence-corrected chi connectivity index (χ3v) is 2.06. The minimum absolute atomic E-state index is 0.120. The van der Waals surface area contributed by atoms with Gasteiger partial charge in [-0.25, -0.2) is 0 Å². The summed E-state index contributed by atoms with van der Waals surface area (Å²) in [4.78, 5) is 10.4. The van der Waals surface area contributed by atoms with Gasteiger partial charge in [-0.1, -0.05) is 20.3 Å². The summed E-state index contributed by atoms with van der Waals surface area (Å²) in [6, 6.07) is 0.120. The number of hydrogen-bond acceptors (Lipinski definition) is 2. The van der Waals surface area contributed by atoms with Crippen molar-refractivity contribution in [3.05, 3.63) is 0 Å². The van der Waals surface area contributed by atoms with Crippen molar-refractivity contribution in [1.82, 2.24) is 0 Å². The number of hydrogen-bond donors (Lipinski definition) is 2. The Hall–Kier alpha value is -0.570. The molecule has 0 aliphatic heterocycles. The van der Waals surface area contributed by atoms with Crippen molar-refractivity contribution < 1.29 is 9.90 Å². The molecular formula is C9H19NO2. The van der Waals surface area contributed by atoms with Crippen LogP contribution in [-0.2, 0) is 4.79 Å². The van der Waals surface area contributed by atoms with Gasteiger partial charge in [0.1, 0.15) is 0 Å². The summed E-state index contributed by atoms with van der Waals surface area (Å²) >= 11 is 0. The topological polar surface area (TPSA) is 63.3 Å². The lowest BCUT2D eigenvalue weighted by molar-refractivity contribution is -0.142. The predicted octanol–water partition coefficient (Wildman–Crippen LogP) is 1.61. The largest absolute Gasteiger partial charge is 0.481 e. The number of carboxylic acids is 1. The fourth-order valence-electron chi connectivity index (χ4n) is 1.45. The van der Waals surface area contributed by atoms with E-state index in [1.165, 1.54) is 0 Å². The van der Waals surface area contributed by atoms with Crippen LogP contribution >= 0.6 is 0 Å². The molecule has 2 unspecified atom stereocenters. The molecule has 2 atom stereocenters. The second-order valence-corrected chi connectivity index (χ2v) is 2.96. The smallest absolute Gasteiger partial charge is 0.306 e. The molecule has 72 valence electrons. The standard InChI is InChI=1S/C7H13NO2.C2H6/c8-6-3-1-2-5(4-6)7(9)10;1-2/h5-6H,1-4,8H2,(H,9,10);1-2H3. The van der Waals surface area contributed by atoms with Crippen LogP contribution in [0.1, 0.15) is 39.5 Å². The van der Waals surface area contributed by atoms with E-state index in [1.807, 2.05) is 13.8 Å². The molecule has 12 heavy (non-hydrogen) atoms. The first kappa shape index (κ1) is 11.4. The minimum Gasteiger partial charge on any atom is -0.481 e. The molecule has 0 amide bonds. The zero-order valence-corrected chi connectivity index (χ0v) is 7.92. The van der Waals surface area contributed by atoms with E-state index in [2.05, 4.69) is 0 Å². The maximum absolute atomic E-state index is 10.4. The molecule has 1 aliphatic carbocycles. The molecule has 0 aromatic carbocycles. The summed E-state index contributed by atoms with van der Waals surface area (Å²) in [5.41, 5.74) is 5.60. The molecule has 1 fully saturated rings. The zero-order valence-electron chi connectivity index (χ0n) is 7.92. The number of nitrogens with two attached hydrogens (primary N) is 1. The average Bonchev–Trinajstić information content (AvgIpc) is 2.08. The highest BCUT2D eigenvalue weighted by Gasteiger charge is 2.24. The normalized spacial score (nSPS) is 28.6. The molecule has 0 spiro atoms. The van der Waals surface area contributed by atoms with Gasteiger partial charge in [0.05, 0.1) is 5.92 Å². The van der Waals surface area contributed by atoms with E-state index in [9.17, 15) is 4.79 Å². The maximum Gasteiger partial charge on any atom is 0.306 e. The van der Waals surface area contributed by atoms with Crippen molar-refractivity contribution in [2.45, 2.75) is 45.6 Å². The molecule has 3 N–H and O–H groups in total. The first-order valence-corrected chi connectivity index (χ1v) is 4.68. The molecule has 1 rings (SSSR count). The van der Waals surface area contributed by atoms with Gasteiger partial charge < -0.3 is 10.8 Å². The first-order valence-electron chi connectivity index (χ1n) is 4.68. The van der Waals surface area contributed by atoms with E-state index in [0.29, 0.717) is 6.42 Å². The van der Waals surface area contributed by atoms with Crippen molar-refractivity contribution in [3.8, 4) is 0 Å². The molecule has 3 heteroatoms. The fourth-order valence-corrected chi connectivity index (χ4v) is 1.45. The maximum atomic E-state index is 10.4. The summed E-state index contributed by atoms with van der Waals surface area (Å²) in [7, 11) is 0. The van der Waals surface area contributed by atoms with Gasteiger partial charge in [-0.2, -0.15) is 0 Å². The zero-order chi connectivity index (χ0) is 9.56. The Morgan fingerprint density at radius 2 is 2.00 bits per heavy atom. The SMILES string of the molecule is CC.NC1CCCC(C(=O)O)C1. The van der Waals surface area contributed by atoms with Crippen LogP contribution < -0.4 is 5.73 Å². The lowest BCUT2D eigenvalue weighted by Gasteiger charge is -2.22. The number of carboxylic acid groups (broad SMARTS) is 1. The highest BCUT2D eigenvalue weighted by Crippen LogP contribution is 2.22. The van der Waals surface area contributed by atoms with Gasteiger partial charge in [-0.3, -0.25) is 4.79 Å². The van der Waals surface area contributed by atoms with E-state index in [0.717, 1.165) is 19.3 Å². The predicted molar refractivity (Wildman–Crippen MR) is 48.9 cm³/mol. The second kappa shape index (κ2) is 6.00. The van der Waals surface area contributed by atoms with Gasteiger partial charge in [0.15, 0.2) is 0 Å². The summed E-state index contributed by atoms with van der Waals surface area (Å²) < 4.78 is 0. The molecular weight excluding hydrogens is 154 g/mol. The van der Waals surface area contributed by atoms with Crippen molar-refractivity contribution >= 4 is 5.97 Å². The summed E-state index contributed by atoms with van der Waals surface area (Å²) in [5, 5.41) is 8.60. The van der Waals surface area contributed by atoms with Crippen molar-refractivity contribution in [3.63, 3.8) is 0 Å². The van der Waals surface area contributed by atoms with Crippen LogP contribution in [0.5, 0.6) is 0 Å². The van der Waals surface area contributed by atoms with E-state index in [-0.39, 0.29) is 12.0 Å². The van der Waals surface area contributed by atoms with Gasteiger partial charge in [0.2, 0.25) is 0 Å². The molecule has 1 aliphatic rings. The third kappa shape index (κ3) is 3.72. The van der Waals surface area contributed by atoms with Gasteiger partial charge in [-0.15, -0.1) is 0 Å². The minimum atomic E-state index is -0.685. The van der Waals surface area contributed by atoms with Gasteiger partial charge in [0, 0.05) is 6.04 Å². The monoisotopic (exact) mass is 173 g/mol. The number of rotatable bonds is 1. The van der Waals surface area contributed by atoms with Crippen LogP contribution in [0.15, 0.2) is 0 Å². The molecule has 0 radical (unpaired) electrons.